The van der Waals surface area contributed by atoms with E-state index >= 15 is 0 Å². The highest BCUT2D eigenvalue weighted by molar-refractivity contribution is 6.04. The average molecular weight is 513 g/mol. The molecule has 4 rings (SSSR count). The number of aromatic hydroxyl groups is 1. The lowest BCUT2D eigenvalue weighted by Crippen LogP contribution is -2.42. The molecule has 4 aromatic rings. The maximum Gasteiger partial charge on any atom is 0.417 e. The van der Waals surface area contributed by atoms with E-state index < -0.39 is 40.8 Å². The summed E-state index contributed by atoms with van der Waals surface area (Å²) in [5.74, 6) is -2.50. The Morgan fingerprint density at radius 3 is 2.35 bits per heavy atom. The highest BCUT2D eigenvalue weighted by Crippen LogP contribution is 2.36. The lowest BCUT2D eigenvalue weighted by atomic mass is 9.97. The molecular weight excluding hydrogens is 491 g/mol. The van der Waals surface area contributed by atoms with Crippen molar-refractivity contribution >= 4 is 22.8 Å². The van der Waals surface area contributed by atoms with Gasteiger partial charge < -0.3 is 25.1 Å². The second kappa shape index (κ2) is 9.49. The van der Waals surface area contributed by atoms with Crippen molar-refractivity contribution in [3.63, 3.8) is 0 Å². The van der Waals surface area contributed by atoms with Crippen molar-refractivity contribution in [1.82, 2.24) is 14.9 Å². The van der Waals surface area contributed by atoms with Crippen LogP contribution in [0.1, 0.15) is 27.3 Å². The zero-order valence-corrected chi connectivity index (χ0v) is 19.7. The van der Waals surface area contributed by atoms with Crippen LogP contribution >= 0.6 is 0 Å². The third-order valence-corrected chi connectivity index (χ3v) is 6.17. The van der Waals surface area contributed by atoms with E-state index in [-0.39, 0.29) is 29.1 Å². The number of halogens is 3. The molecule has 0 unspecified atom stereocenters. The Kier molecular flexibility index (Phi) is 6.55. The van der Waals surface area contributed by atoms with Crippen LogP contribution in [0.4, 0.5) is 13.2 Å². The number of pyridine rings is 1. The Morgan fingerprint density at radius 2 is 1.76 bits per heavy atom. The van der Waals surface area contributed by atoms with E-state index in [2.05, 4.69) is 10.3 Å². The molecule has 37 heavy (non-hydrogen) atoms. The number of aromatic nitrogens is 2. The largest absolute Gasteiger partial charge is 0.505 e. The fraction of sp³-hybridized carbons (Fsp3) is 0.192. The number of benzene rings is 2. The summed E-state index contributed by atoms with van der Waals surface area (Å²) in [7, 11) is 1.38. The van der Waals surface area contributed by atoms with Gasteiger partial charge in [-0.2, -0.15) is 13.2 Å². The number of H-pyrrole nitrogens is 1. The number of hydrogen-bond donors (Lipinski definition) is 4. The van der Waals surface area contributed by atoms with E-state index in [1.165, 1.54) is 38.2 Å². The van der Waals surface area contributed by atoms with E-state index in [0.29, 0.717) is 16.5 Å². The highest BCUT2D eigenvalue weighted by Gasteiger charge is 2.36. The van der Waals surface area contributed by atoms with Crippen molar-refractivity contribution in [2.45, 2.75) is 25.6 Å². The molecule has 0 spiro atoms. The number of aryl methyl sites for hydroxylation is 1. The van der Waals surface area contributed by atoms with Crippen LogP contribution in [0.25, 0.3) is 22.0 Å². The van der Waals surface area contributed by atoms with Gasteiger partial charge in [0.2, 0.25) is 0 Å². The molecule has 11 heteroatoms. The van der Waals surface area contributed by atoms with E-state index in [1.54, 1.807) is 24.3 Å². The predicted molar refractivity (Wildman–Crippen MR) is 129 cm³/mol. The fourth-order valence-electron chi connectivity index (χ4n) is 4.09. The molecular formula is C26H22F3N3O5. The molecule has 2 heterocycles. The van der Waals surface area contributed by atoms with Gasteiger partial charge in [-0.25, -0.2) is 4.79 Å². The topological polar surface area (TPSA) is 124 Å². The van der Waals surface area contributed by atoms with Crippen LogP contribution in [0.15, 0.2) is 59.4 Å². The van der Waals surface area contributed by atoms with Crippen LogP contribution in [-0.4, -0.2) is 37.7 Å². The summed E-state index contributed by atoms with van der Waals surface area (Å²) in [4.78, 5) is 39.9. The molecule has 0 aliphatic rings. The number of fused-ring (bicyclic) bond motifs is 1. The van der Waals surface area contributed by atoms with Crippen molar-refractivity contribution in [3.8, 4) is 16.9 Å². The van der Waals surface area contributed by atoms with E-state index in [0.717, 1.165) is 10.6 Å². The molecule has 0 aliphatic heterocycles. The number of nitrogens with one attached hydrogen (secondary N) is 2. The van der Waals surface area contributed by atoms with Crippen LogP contribution in [-0.2, 0) is 24.4 Å². The van der Waals surface area contributed by atoms with Gasteiger partial charge in [-0.05, 0) is 36.2 Å². The summed E-state index contributed by atoms with van der Waals surface area (Å²) in [6.07, 6.45) is -4.95. The highest BCUT2D eigenvalue weighted by atomic mass is 19.4. The smallest absolute Gasteiger partial charge is 0.417 e. The number of nitrogens with zero attached hydrogens (tertiary/aromatic N) is 1. The standard InChI is InChI=1S/C26H22F3N3O5/c1-13-11-17(26(27,28)29)20(24(35)32(13)2)15-9-7-14(8-10-15)12-19(25(36)37)31-23(34)21-22(33)16-5-3-4-6-18(16)30-21/h3-11,19,30,33H,12H2,1-2H3,(H,31,34)(H,36,37)/t19-/m0/s1. The van der Waals surface area contributed by atoms with Gasteiger partial charge in [-0.3, -0.25) is 9.59 Å². The SMILES string of the molecule is Cc1cc(C(F)(F)F)c(-c2ccc(C[C@H](NC(=O)c3[nH]c4ccccc4c3O)C(=O)O)cc2)c(=O)n1C. The van der Waals surface area contributed by atoms with Gasteiger partial charge in [0.05, 0.1) is 11.1 Å². The molecule has 0 radical (unpaired) electrons. The number of rotatable bonds is 6. The number of para-hydroxylation sites is 1. The lowest BCUT2D eigenvalue weighted by Gasteiger charge is -2.17. The minimum absolute atomic E-state index is 0.0237. The fourth-order valence-corrected chi connectivity index (χ4v) is 4.09. The third kappa shape index (κ3) is 4.92. The summed E-state index contributed by atoms with van der Waals surface area (Å²) in [5.41, 5.74) is -1.51. The molecule has 2 aromatic heterocycles. The first-order chi connectivity index (χ1) is 17.4. The second-order valence-corrected chi connectivity index (χ2v) is 8.60. The summed E-state index contributed by atoms with van der Waals surface area (Å²) in [5, 5.41) is 22.7. The molecule has 1 atom stereocenters. The van der Waals surface area contributed by atoms with Gasteiger partial charge in [-0.1, -0.05) is 36.4 Å². The Balaban J connectivity index is 1.60. The summed E-state index contributed by atoms with van der Waals surface area (Å²) in [6, 6.07) is 11.5. The number of aliphatic carboxylic acids is 1. The molecule has 0 aliphatic carbocycles. The molecule has 0 bridgehead atoms. The number of carbonyl (C=O) groups is 2. The molecule has 8 nitrogen and oxygen atoms in total. The Labute approximate surface area is 208 Å². The maximum atomic E-state index is 13.6. The summed E-state index contributed by atoms with van der Waals surface area (Å²) in [6.45, 7) is 1.40. The van der Waals surface area contributed by atoms with E-state index in [9.17, 15) is 37.8 Å². The molecule has 2 aromatic carbocycles. The van der Waals surface area contributed by atoms with Gasteiger partial charge in [-0.15, -0.1) is 0 Å². The number of amides is 1. The van der Waals surface area contributed by atoms with Crippen LogP contribution < -0.4 is 10.9 Å². The number of carbonyl (C=O) groups excluding carboxylic acids is 1. The minimum atomic E-state index is -4.75. The first-order valence-electron chi connectivity index (χ1n) is 11.1. The first kappa shape index (κ1) is 25.5. The molecule has 192 valence electrons. The minimum Gasteiger partial charge on any atom is -0.505 e. The predicted octanol–water partition coefficient (Wildman–Crippen LogP) is 3.99. The quantitative estimate of drug-likeness (QED) is 0.310. The van der Waals surface area contributed by atoms with Crippen molar-refractivity contribution in [1.29, 1.82) is 0 Å². The third-order valence-electron chi connectivity index (χ3n) is 6.17. The first-order valence-corrected chi connectivity index (χ1v) is 11.1. The normalized spacial score (nSPS) is 12.5. The van der Waals surface area contributed by atoms with Crippen LogP contribution in [0, 0.1) is 6.92 Å². The number of hydrogen-bond acceptors (Lipinski definition) is 4. The van der Waals surface area contributed by atoms with Crippen molar-refractivity contribution in [2.24, 2.45) is 7.05 Å². The summed E-state index contributed by atoms with van der Waals surface area (Å²) < 4.78 is 42.1. The molecule has 0 fully saturated rings. The van der Waals surface area contributed by atoms with Crippen LogP contribution in [0.5, 0.6) is 5.75 Å². The van der Waals surface area contributed by atoms with Crippen molar-refractivity contribution in [2.75, 3.05) is 0 Å². The van der Waals surface area contributed by atoms with Crippen molar-refractivity contribution < 1.29 is 33.0 Å². The Bertz CT molecular complexity index is 1570. The van der Waals surface area contributed by atoms with E-state index in [1.807, 2.05) is 0 Å². The Hall–Kier alpha value is -4.54. The maximum absolute atomic E-state index is 13.6. The van der Waals surface area contributed by atoms with Gasteiger partial charge in [0.25, 0.3) is 11.5 Å². The molecule has 0 saturated heterocycles. The number of carboxylic acids is 1. The molecule has 4 N–H and O–H groups in total. The Morgan fingerprint density at radius 1 is 1.11 bits per heavy atom. The zero-order valence-electron chi connectivity index (χ0n) is 19.7. The van der Waals surface area contributed by atoms with Crippen molar-refractivity contribution in [3.05, 3.63) is 87.5 Å². The van der Waals surface area contributed by atoms with Crippen LogP contribution in [0.3, 0.4) is 0 Å². The molecule has 0 saturated carbocycles. The number of alkyl halides is 3. The van der Waals surface area contributed by atoms with Gasteiger partial charge in [0.1, 0.15) is 11.7 Å². The second-order valence-electron chi connectivity index (χ2n) is 8.60. The molecule has 1 amide bonds. The number of carboxylic acid groups (broad SMARTS) is 1. The van der Waals surface area contributed by atoms with Crippen LogP contribution in [0.2, 0.25) is 0 Å². The van der Waals surface area contributed by atoms with E-state index in [4.69, 9.17) is 0 Å². The number of aromatic amines is 1. The average Bonchev–Trinajstić information content (AvgIpc) is 3.18. The summed E-state index contributed by atoms with van der Waals surface area (Å²) >= 11 is 0. The van der Waals surface area contributed by atoms with Gasteiger partial charge >= 0.3 is 12.1 Å². The van der Waals surface area contributed by atoms with Gasteiger partial charge in [0.15, 0.2) is 5.75 Å². The monoisotopic (exact) mass is 513 g/mol. The lowest BCUT2D eigenvalue weighted by molar-refractivity contribution is -0.139. The zero-order chi connectivity index (χ0) is 27.1. The van der Waals surface area contributed by atoms with Gasteiger partial charge in [0, 0.05) is 30.1 Å².